The minimum absolute atomic E-state index is 0.111. The number of furan rings is 1. The molecular weight excluding hydrogens is 472 g/mol. The van der Waals surface area contributed by atoms with Crippen LogP contribution in [0.5, 0.6) is 5.75 Å². The minimum Gasteiger partial charge on any atom is -0.491 e. The molecule has 0 radical (unpaired) electrons. The SMILES string of the molecule is Nc1nc2c(cnn2C(C(=O)NC2COc3ccccc32)c2ccccc2)c2nc(-c3ccco3)nn12. The van der Waals surface area contributed by atoms with Crippen molar-refractivity contribution in [1.82, 2.24) is 34.7 Å². The van der Waals surface area contributed by atoms with E-state index in [2.05, 4.69) is 25.5 Å². The van der Waals surface area contributed by atoms with Crippen LogP contribution in [0.25, 0.3) is 28.3 Å². The summed E-state index contributed by atoms with van der Waals surface area (Å²) in [6, 6.07) is 19.5. The van der Waals surface area contributed by atoms with Crippen LogP contribution in [0.15, 0.2) is 83.6 Å². The number of nitrogens with two attached hydrogens (primary N) is 1. The van der Waals surface area contributed by atoms with Crippen molar-refractivity contribution in [2.24, 2.45) is 0 Å². The summed E-state index contributed by atoms with van der Waals surface area (Å²) in [6.07, 6.45) is 3.17. The maximum absolute atomic E-state index is 13.8. The van der Waals surface area contributed by atoms with Crippen molar-refractivity contribution in [3.63, 3.8) is 0 Å². The highest BCUT2D eigenvalue weighted by Gasteiger charge is 2.32. The zero-order valence-electron chi connectivity index (χ0n) is 19.4. The first-order valence-corrected chi connectivity index (χ1v) is 11.7. The molecule has 2 aromatic carbocycles. The maximum Gasteiger partial charge on any atom is 0.250 e. The molecule has 0 bridgehead atoms. The molecule has 0 spiro atoms. The van der Waals surface area contributed by atoms with E-state index in [1.165, 1.54) is 4.52 Å². The first-order valence-electron chi connectivity index (χ1n) is 11.7. The van der Waals surface area contributed by atoms with Gasteiger partial charge in [-0.3, -0.25) is 4.79 Å². The van der Waals surface area contributed by atoms with Crippen LogP contribution in [-0.2, 0) is 4.79 Å². The fourth-order valence-electron chi connectivity index (χ4n) is 4.70. The van der Waals surface area contributed by atoms with Crippen LogP contribution < -0.4 is 15.8 Å². The second-order valence-electron chi connectivity index (χ2n) is 8.67. The molecule has 3 N–H and O–H groups in total. The van der Waals surface area contributed by atoms with Gasteiger partial charge in [0.2, 0.25) is 17.7 Å². The lowest BCUT2D eigenvalue weighted by atomic mass is 10.0. The number of amides is 1. The second-order valence-corrected chi connectivity index (χ2v) is 8.67. The summed E-state index contributed by atoms with van der Waals surface area (Å²) in [7, 11) is 0. The number of carbonyl (C=O) groups is 1. The van der Waals surface area contributed by atoms with Crippen molar-refractivity contribution < 1.29 is 13.9 Å². The highest BCUT2D eigenvalue weighted by atomic mass is 16.5. The van der Waals surface area contributed by atoms with Gasteiger partial charge in [0.15, 0.2) is 23.1 Å². The van der Waals surface area contributed by atoms with Crippen LogP contribution in [-0.4, -0.2) is 41.9 Å². The molecule has 2 atom stereocenters. The summed E-state index contributed by atoms with van der Waals surface area (Å²) in [6.45, 7) is 0.355. The van der Waals surface area contributed by atoms with E-state index < -0.39 is 6.04 Å². The van der Waals surface area contributed by atoms with Crippen molar-refractivity contribution in [1.29, 1.82) is 0 Å². The molecule has 7 rings (SSSR count). The van der Waals surface area contributed by atoms with Crippen molar-refractivity contribution in [2.45, 2.75) is 12.1 Å². The van der Waals surface area contributed by atoms with Crippen LogP contribution in [0.1, 0.15) is 23.2 Å². The molecule has 11 nitrogen and oxygen atoms in total. The van der Waals surface area contributed by atoms with Gasteiger partial charge >= 0.3 is 0 Å². The summed E-state index contributed by atoms with van der Waals surface area (Å²) >= 11 is 0. The molecule has 1 aliphatic heterocycles. The van der Waals surface area contributed by atoms with Gasteiger partial charge in [-0.1, -0.05) is 48.5 Å². The number of anilines is 1. The largest absolute Gasteiger partial charge is 0.491 e. The zero-order valence-corrected chi connectivity index (χ0v) is 19.4. The van der Waals surface area contributed by atoms with Gasteiger partial charge < -0.3 is 20.2 Å². The van der Waals surface area contributed by atoms with Crippen LogP contribution in [0, 0.1) is 0 Å². The number of fused-ring (bicyclic) bond motifs is 4. The van der Waals surface area contributed by atoms with Gasteiger partial charge in [0.1, 0.15) is 12.4 Å². The van der Waals surface area contributed by atoms with E-state index in [0.29, 0.717) is 34.9 Å². The molecule has 6 aromatic rings. The summed E-state index contributed by atoms with van der Waals surface area (Å²) < 4.78 is 14.2. The van der Waals surface area contributed by atoms with Gasteiger partial charge in [-0.15, -0.1) is 5.10 Å². The first kappa shape index (κ1) is 21.1. The van der Waals surface area contributed by atoms with Crippen LogP contribution in [0.4, 0.5) is 5.95 Å². The molecule has 1 aliphatic rings. The summed E-state index contributed by atoms with van der Waals surface area (Å²) in [4.78, 5) is 23.0. The summed E-state index contributed by atoms with van der Waals surface area (Å²) in [5.74, 6) is 1.50. The number of nitrogens with zero attached hydrogens (tertiary/aromatic N) is 6. The fourth-order valence-corrected chi connectivity index (χ4v) is 4.70. The van der Waals surface area contributed by atoms with Gasteiger partial charge in [-0.05, 0) is 23.8 Å². The predicted molar refractivity (Wildman–Crippen MR) is 134 cm³/mol. The van der Waals surface area contributed by atoms with Crippen LogP contribution in [0.2, 0.25) is 0 Å². The van der Waals surface area contributed by atoms with E-state index in [1.807, 2.05) is 54.6 Å². The number of carbonyl (C=O) groups excluding carboxylic acids is 1. The molecule has 11 heteroatoms. The number of hydrogen-bond donors (Lipinski definition) is 2. The monoisotopic (exact) mass is 492 g/mol. The Balaban J connectivity index is 1.34. The van der Waals surface area contributed by atoms with Crippen molar-refractivity contribution in [2.75, 3.05) is 12.3 Å². The third-order valence-corrected chi connectivity index (χ3v) is 6.42. The molecule has 0 fully saturated rings. The third kappa shape index (κ3) is 3.39. The van der Waals surface area contributed by atoms with Gasteiger partial charge in [0.05, 0.1) is 23.9 Å². The number of nitrogen functional groups attached to an aromatic ring is 1. The number of aromatic nitrogens is 6. The van der Waals surface area contributed by atoms with Crippen molar-refractivity contribution >= 4 is 28.5 Å². The standard InChI is InChI=1S/C26H20N8O3/c27-26-31-24-17(23-30-22(32-34(23)26)20-11-6-12-36-20)13-28-33(24)21(15-7-2-1-3-8-15)25(35)29-18-14-37-19-10-5-4-9-16(18)19/h1-13,18,21H,14H2,(H2,27,31)(H,29,35). The summed E-state index contributed by atoms with van der Waals surface area (Å²) in [5, 5.41) is 12.7. The maximum atomic E-state index is 13.8. The van der Waals surface area contributed by atoms with Crippen molar-refractivity contribution in [3.05, 3.63) is 90.3 Å². The number of ether oxygens (including phenoxy) is 1. The summed E-state index contributed by atoms with van der Waals surface area (Å²) in [5.41, 5.74) is 8.84. The van der Waals surface area contributed by atoms with Gasteiger partial charge in [-0.25, -0.2) is 9.67 Å². The Kier molecular flexibility index (Phi) is 4.68. The predicted octanol–water partition coefficient (Wildman–Crippen LogP) is 3.16. The average Bonchev–Trinajstić information content (AvgIpc) is 3.72. The highest BCUT2D eigenvalue weighted by molar-refractivity contribution is 5.92. The number of para-hydroxylation sites is 1. The molecule has 2 unspecified atom stereocenters. The van der Waals surface area contributed by atoms with Gasteiger partial charge in [0.25, 0.3) is 0 Å². The minimum atomic E-state index is -0.812. The molecule has 182 valence electrons. The molecule has 0 aliphatic carbocycles. The molecular formula is C26H20N8O3. The van der Waals surface area contributed by atoms with Crippen molar-refractivity contribution in [3.8, 4) is 17.3 Å². The third-order valence-electron chi connectivity index (χ3n) is 6.42. The lowest BCUT2D eigenvalue weighted by Gasteiger charge is -2.21. The molecule has 37 heavy (non-hydrogen) atoms. The smallest absolute Gasteiger partial charge is 0.250 e. The molecule has 4 aromatic heterocycles. The van der Waals surface area contributed by atoms with E-state index in [0.717, 1.165) is 16.9 Å². The number of hydrogen-bond acceptors (Lipinski definition) is 8. The zero-order chi connectivity index (χ0) is 24.9. The Labute approximate surface area is 209 Å². The molecule has 1 amide bonds. The van der Waals surface area contributed by atoms with Crippen LogP contribution in [0.3, 0.4) is 0 Å². The Morgan fingerprint density at radius 2 is 1.86 bits per heavy atom. The van der Waals surface area contributed by atoms with E-state index in [9.17, 15) is 4.79 Å². The molecule has 0 saturated heterocycles. The average molecular weight is 492 g/mol. The quantitative estimate of drug-likeness (QED) is 0.374. The highest BCUT2D eigenvalue weighted by Crippen LogP contribution is 2.33. The number of benzene rings is 2. The first-order chi connectivity index (χ1) is 18.2. The Bertz CT molecular complexity index is 1760. The fraction of sp³-hybridized carbons (Fsp3) is 0.115. The van der Waals surface area contributed by atoms with E-state index in [-0.39, 0.29) is 17.9 Å². The Morgan fingerprint density at radius 3 is 2.70 bits per heavy atom. The van der Waals surface area contributed by atoms with E-state index in [1.54, 1.807) is 29.3 Å². The lowest BCUT2D eigenvalue weighted by molar-refractivity contribution is -0.124. The lowest BCUT2D eigenvalue weighted by Crippen LogP contribution is -2.37. The van der Waals surface area contributed by atoms with Gasteiger partial charge in [0, 0.05) is 5.56 Å². The van der Waals surface area contributed by atoms with Gasteiger partial charge in [-0.2, -0.15) is 14.6 Å². The van der Waals surface area contributed by atoms with Crippen LogP contribution >= 0.6 is 0 Å². The number of nitrogens with one attached hydrogen (secondary N) is 1. The topological polar surface area (TPSA) is 138 Å². The Morgan fingerprint density at radius 1 is 1.03 bits per heavy atom. The van der Waals surface area contributed by atoms with E-state index >= 15 is 0 Å². The second kappa shape index (κ2) is 8.19. The normalized spacial score (nSPS) is 15.5. The van der Waals surface area contributed by atoms with E-state index in [4.69, 9.17) is 14.9 Å². The molecule has 5 heterocycles. The molecule has 0 saturated carbocycles. The Hall–Kier alpha value is -5.19. The number of rotatable bonds is 5.